The average Bonchev–Trinajstić information content (AvgIpc) is 2.99. The lowest BCUT2D eigenvalue weighted by molar-refractivity contribution is 0.273. The highest BCUT2D eigenvalue weighted by Crippen LogP contribution is 2.41. The van der Waals surface area contributed by atoms with Crippen molar-refractivity contribution in [2.45, 2.75) is 83.8 Å². The minimum absolute atomic E-state index is 0.228. The van der Waals surface area contributed by atoms with Gasteiger partial charge in [0.1, 0.15) is 19.5 Å². The maximum Gasteiger partial charge on any atom is 0.250 e. The van der Waals surface area contributed by atoms with E-state index in [1.807, 2.05) is 12.1 Å². The zero-order chi connectivity index (χ0) is 32.6. The molecule has 1 saturated heterocycles. The van der Waals surface area contributed by atoms with Crippen LogP contribution in [0.15, 0.2) is 35.3 Å². The molecular weight excluding hydrogens is 581 g/mol. The molecule has 0 amide bonds. The van der Waals surface area contributed by atoms with Crippen molar-refractivity contribution in [2.75, 3.05) is 56.7 Å². The smallest absolute Gasteiger partial charge is 0.250 e. The first-order valence-corrected chi connectivity index (χ1v) is 18.8. The van der Waals surface area contributed by atoms with Gasteiger partial charge in [0, 0.05) is 62.4 Å². The van der Waals surface area contributed by atoms with Gasteiger partial charge in [-0.2, -0.15) is 4.98 Å². The van der Waals surface area contributed by atoms with E-state index in [9.17, 15) is 4.79 Å². The number of likely N-dealkylation sites (N-methyl/N-ethyl adjacent to an activating group) is 1. The Bertz CT molecular complexity index is 1510. The van der Waals surface area contributed by atoms with Gasteiger partial charge in [0.05, 0.1) is 17.7 Å². The van der Waals surface area contributed by atoms with Crippen LogP contribution in [0.3, 0.4) is 0 Å². The largest absolute Gasteiger partial charge is 0.491 e. The Morgan fingerprint density at radius 2 is 1.69 bits per heavy atom. The summed E-state index contributed by atoms with van der Waals surface area (Å²) in [6.07, 6.45) is 5.52. The van der Waals surface area contributed by atoms with E-state index in [1.165, 1.54) is 0 Å². The first-order valence-electron chi connectivity index (χ1n) is 16.6. The third kappa shape index (κ3) is 8.46. The van der Waals surface area contributed by atoms with Gasteiger partial charge in [-0.05, 0) is 55.1 Å². The van der Waals surface area contributed by atoms with Crippen molar-refractivity contribution in [3.63, 3.8) is 0 Å². The number of anilines is 3. The minimum atomic E-state index is -1.98. The Labute approximate surface area is 269 Å². The molecule has 0 aliphatic carbocycles. The van der Waals surface area contributed by atoms with Crippen molar-refractivity contribution in [2.24, 2.45) is 0 Å². The van der Waals surface area contributed by atoms with Crippen LogP contribution in [-0.4, -0.2) is 79.5 Å². The lowest BCUT2D eigenvalue weighted by Gasteiger charge is -2.38. The molecule has 9 nitrogen and oxygen atoms in total. The van der Waals surface area contributed by atoms with Gasteiger partial charge in [-0.3, -0.25) is 4.79 Å². The number of hydrogen-bond acceptors (Lipinski definition) is 8. The van der Waals surface area contributed by atoms with Crippen LogP contribution in [0.4, 0.5) is 17.3 Å². The Morgan fingerprint density at radius 3 is 2.36 bits per heavy atom. The molecule has 4 rings (SSSR count). The number of aliphatic hydroxyl groups excluding tert-OH is 1. The zero-order valence-electron chi connectivity index (χ0n) is 28.2. The van der Waals surface area contributed by atoms with Crippen LogP contribution in [0, 0.1) is 11.5 Å². The highest BCUT2D eigenvalue weighted by atomic mass is 28.3. The summed E-state index contributed by atoms with van der Waals surface area (Å²) in [5.41, 5.74) is 8.00. The highest BCUT2D eigenvalue weighted by Gasteiger charge is 2.41. The molecule has 0 bridgehead atoms. The first-order chi connectivity index (χ1) is 21.5. The number of rotatable bonds is 13. The van der Waals surface area contributed by atoms with Gasteiger partial charge in [-0.25, -0.2) is 4.98 Å². The fourth-order valence-electron chi connectivity index (χ4n) is 6.70. The van der Waals surface area contributed by atoms with E-state index in [2.05, 4.69) is 96.2 Å². The normalized spacial score (nSPS) is 14.3. The number of pyridine rings is 1. The van der Waals surface area contributed by atoms with Crippen molar-refractivity contribution in [3.05, 3.63) is 46.4 Å². The summed E-state index contributed by atoms with van der Waals surface area (Å²) in [5, 5.41) is 13.1. The molecule has 2 aromatic heterocycles. The van der Waals surface area contributed by atoms with E-state index in [0.29, 0.717) is 40.4 Å². The highest BCUT2D eigenvalue weighted by molar-refractivity contribution is 6.90. The monoisotopic (exact) mass is 632 g/mol. The summed E-state index contributed by atoms with van der Waals surface area (Å²) in [6.45, 7) is 18.4. The Kier molecular flexibility index (Phi) is 12.1. The van der Waals surface area contributed by atoms with E-state index in [1.54, 1.807) is 12.3 Å². The van der Waals surface area contributed by atoms with Crippen molar-refractivity contribution < 1.29 is 9.84 Å². The summed E-state index contributed by atoms with van der Waals surface area (Å²) in [4.78, 5) is 29.6. The Morgan fingerprint density at radius 1 is 1.00 bits per heavy atom. The molecular formula is C35H52N6O3Si. The molecule has 3 heterocycles. The Hall–Kier alpha value is -3.39. The summed E-state index contributed by atoms with van der Waals surface area (Å²) in [7, 11) is 0.175. The fraction of sp³-hybridized carbons (Fsp3) is 0.571. The molecule has 0 atom stereocenters. The molecule has 0 unspecified atom stereocenters. The molecule has 10 heteroatoms. The van der Waals surface area contributed by atoms with Gasteiger partial charge in [0.25, 0.3) is 5.56 Å². The lowest BCUT2D eigenvalue weighted by atomic mass is 10.2. The molecule has 3 aromatic rings. The molecule has 0 spiro atoms. The number of hydrogen-bond donors (Lipinski definition) is 3. The maximum absolute atomic E-state index is 12.7. The average molecular weight is 633 g/mol. The van der Waals surface area contributed by atoms with Crippen LogP contribution in [0.1, 0.15) is 72.8 Å². The number of H-pyrrole nitrogens is 1. The minimum Gasteiger partial charge on any atom is -0.491 e. The summed E-state index contributed by atoms with van der Waals surface area (Å²) < 4.78 is 6.32. The topological polar surface area (TPSA) is 107 Å². The molecule has 244 valence electrons. The predicted molar refractivity (Wildman–Crippen MR) is 189 cm³/mol. The molecule has 1 aliphatic heterocycles. The molecule has 3 N–H and O–H groups in total. The molecule has 0 saturated carbocycles. The predicted octanol–water partition coefficient (Wildman–Crippen LogP) is 6.31. The third-order valence-corrected chi connectivity index (χ3v) is 15.5. The van der Waals surface area contributed by atoms with E-state index in [4.69, 9.17) is 9.84 Å². The van der Waals surface area contributed by atoms with Crippen LogP contribution in [-0.2, 0) is 0 Å². The van der Waals surface area contributed by atoms with Crippen molar-refractivity contribution in [3.8, 4) is 17.2 Å². The van der Waals surface area contributed by atoms with Crippen LogP contribution in [0.5, 0.6) is 5.75 Å². The number of aliphatic hydroxyl groups is 1. The van der Waals surface area contributed by atoms with Crippen molar-refractivity contribution in [1.82, 2.24) is 19.9 Å². The molecule has 1 aliphatic rings. The fourth-order valence-corrected chi connectivity index (χ4v) is 11.9. The molecule has 1 fully saturated rings. The molecule has 0 radical (unpaired) electrons. The van der Waals surface area contributed by atoms with Crippen LogP contribution < -0.4 is 20.5 Å². The van der Waals surface area contributed by atoms with Gasteiger partial charge >= 0.3 is 0 Å². The third-order valence-electron chi connectivity index (χ3n) is 9.25. The van der Waals surface area contributed by atoms with Gasteiger partial charge in [0.15, 0.2) is 0 Å². The van der Waals surface area contributed by atoms with E-state index in [0.717, 1.165) is 74.4 Å². The number of aromatic nitrogens is 3. The number of benzene rings is 1. The van der Waals surface area contributed by atoms with Crippen LogP contribution in [0.25, 0.3) is 11.0 Å². The van der Waals surface area contributed by atoms with Crippen LogP contribution in [0.2, 0.25) is 16.6 Å². The second-order valence-electron chi connectivity index (χ2n) is 13.2. The number of unbranched alkanes of at least 4 members (excludes halogenated alkanes) is 3. The van der Waals surface area contributed by atoms with Gasteiger partial charge in [0.2, 0.25) is 5.95 Å². The maximum atomic E-state index is 12.7. The zero-order valence-corrected chi connectivity index (χ0v) is 29.2. The number of nitrogens with zero attached hydrogens (tertiary/aromatic N) is 4. The Balaban J connectivity index is 1.61. The van der Waals surface area contributed by atoms with Crippen molar-refractivity contribution >= 4 is 36.4 Å². The second kappa shape index (κ2) is 15.7. The number of piperazine rings is 1. The number of ether oxygens (including phenoxy) is 1. The lowest BCUT2D eigenvalue weighted by Crippen LogP contribution is -2.44. The van der Waals surface area contributed by atoms with E-state index < -0.39 is 8.07 Å². The SMILES string of the molecule is CC(C)[Si](C#Cc1cc(=O)[nH]c2nc(Nc3ccc(N4CCN(C)CC4)c(OCCCCCCO)c3)ncc12)(C(C)C)C(C)C. The molecule has 45 heavy (non-hydrogen) atoms. The van der Waals surface area contributed by atoms with Crippen LogP contribution >= 0.6 is 0 Å². The first kappa shape index (κ1) is 34.5. The summed E-state index contributed by atoms with van der Waals surface area (Å²) in [5.74, 6) is 4.64. The second-order valence-corrected chi connectivity index (χ2v) is 18.8. The molecule has 1 aromatic carbocycles. The standard InChI is InChI=1S/C35H52N6O3Si/c1-25(2)45(26(3)4,27(5)6)21-14-28-22-33(43)38-34-30(28)24-36-35(39-34)37-29-12-13-31(41-17-15-40(7)16-18-41)32(23-29)44-20-11-9-8-10-19-42/h12-13,22-27,42H,8-11,15-20H2,1-7H3,(H2,36,37,38,39,43). The van der Waals surface area contributed by atoms with E-state index >= 15 is 0 Å². The van der Waals surface area contributed by atoms with Gasteiger partial charge < -0.3 is 29.9 Å². The quantitative estimate of drug-likeness (QED) is 0.114. The van der Waals surface area contributed by atoms with Gasteiger partial charge in [-0.15, -0.1) is 5.54 Å². The number of fused-ring (bicyclic) bond motifs is 1. The van der Waals surface area contributed by atoms with Gasteiger partial charge in [-0.1, -0.05) is 53.9 Å². The van der Waals surface area contributed by atoms with Crippen molar-refractivity contribution in [1.29, 1.82) is 0 Å². The van der Waals surface area contributed by atoms with E-state index in [-0.39, 0.29) is 12.2 Å². The summed E-state index contributed by atoms with van der Waals surface area (Å²) >= 11 is 0. The number of aromatic amines is 1. The summed E-state index contributed by atoms with van der Waals surface area (Å²) in [6, 6.07) is 7.69. The number of nitrogens with one attached hydrogen (secondary N) is 2.